The molecule has 6 rings (SSSR count). The van der Waals surface area contributed by atoms with Crippen LogP contribution in [0.4, 0.5) is 27.8 Å². The van der Waals surface area contributed by atoms with Gasteiger partial charge in [0.1, 0.15) is 23.1 Å². The predicted octanol–water partition coefficient (Wildman–Crippen LogP) is 5.68. The molecule has 5 nitrogen and oxygen atoms in total. The van der Waals surface area contributed by atoms with Gasteiger partial charge in [-0.15, -0.1) is 6.42 Å². The fraction of sp³-hybridized carbons (Fsp3) is 0.286. The number of hydrogen-bond donors (Lipinski definition) is 2. The van der Waals surface area contributed by atoms with Gasteiger partial charge in [0, 0.05) is 53.1 Å². The molecule has 38 heavy (non-hydrogen) atoms. The van der Waals surface area contributed by atoms with E-state index in [-0.39, 0.29) is 56.6 Å². The van der Waals surface area contributed by atoms with Crippen LogP contribution in [0.2, 0.25) is 0 Å². The minimum Gasteiger partial charge on any atom is -0.508 e. The quantitative estimate of drug-likeness (QED) is 0.261. The van der Waals surface area contributed by atoms with Gasteiger partial charge in [-0.25, -0.2) is 13.8 Å². The van der Waals surface area contributed by atoms with Gasteiger partial charge in [-0.05, 0) is 43.4 Å². The molecule has 2 bridgehead atoms. The Morgan fingerprint density at radius 1 is 1.11 bits per heavy atom. The van der Waals surface area contributed by atoms with Crippen molar-refractivity contribution in [3.8, 4) is 29.4 Å². The van der Waals surface area contributed by atoms with Crippen LogP contribution in [0.5, 0.6) is 5.75 Å². The zero-order valence-electron chi connectivity index (χ0n) is 20.1. The Hall–Kier alpha value is -3.97. The number of phenols is 1. The maximum Gasteiger partial charge on any atom is 0.418 e. The van der Waals surface area contributed by atoms with E-state index in [1.54, 1.807) is 0 Å². The summed E-state index contributed by atoms with van der Waals surface area (Å²) >= 11 is 0. The Morgan fingerprint density at radius 3 is 2.47 bits per heavy atom. The third-order valence-electron chi connectivity index (χ3n) is 7.40. The molecule has 0 saturated carbocycles. The van der Waals surface area contributed by atoms with Gasteiger partial charge in [0.2, 0.25) is 0 Å². The molecule has 0 amide bonds. The summed E-state index contributed by atoms with van der Waals surface area (Å²) in [6.07, 6.45) is 3.66. The molecule has 0 aliphatic carbocycles. The number of benzene rings is 2. The Labute approximate surface area is 214 Å². The lowest BCUT2D eigenvalue weighted by molar-refractivity contribution is -0.137. The number of terminal acetylenes is 1. The van der Waals surface area contributed by atoms with Crippen LogP contribution in [0.15, 0.2) is 30.5 Å². The highest BCUT2D eigenvalue weighted by Crippen LogP contribution is 2.44. The van der Waals surface area contributed by atoms with Crippen LogP contribution in [0.25, 0.3) is 32.8 Å². The number of aromatic nitrogens is 2. The van der Waals surface area contributed by atoms with Crippen molar-refractivity contribution in [1.82, 2.24) is 15.3 Å². The number of nitrogens with one attached hydrogen (secondary N) is 1. The molecular formula is C28H21F5N4O. The van der Waals surface area contributed by atoms with Crippen LogP contribution in [0.1, 0.15) is 29.7 Å². The Kier molecular flexibility index (Phi) is 5.47. The summed E-state index contributed by atoms with van der Waals surface area (Å²) in [5.74, 6) is 0.142. The molecule has 2 unspecified atom stereocenters. The maximum absolute atomic E-state index is 16.4. The molecule has 194 valence electrons. The summed E-state index contributed by atoms with van der Waals surface area (Å²) in [7, 11) is 0. The van der Waals surface area contributed by atoms with Gasteiger partial charge in [-0.1, -0.05) is 12.0 Å². The molecule has 0 radical (unpaired) electrons. The lowest BCUT2D eigenvalue weighted by atomic mass is 9.94. The number of phenolic OH excluding ortho intramolecular Hbond substituents is 1. The first-order valence-electron chi connectivity index (χ1n) is 12.1. The number of rotatable bonds is 2. The van der Waals surface area contributed by atoms with Crippen LogP contribution >= 0.6 is 0 Å². The number of aryl methyl sites for hydroxylation is 1. The van der Waals surface area contributed by atoms with Gasteiger partial charge >= 0.3 is 6.18 Å². The number of nitrogens with zero attached hydrogens (tertiary/aromatic N) is 3. The number of piperazine rings is 1. The fourth-order valence-electron chi connectivity index (χ4n) is 5.86. The maximum atomic E-state index is 16.4. The van der Waals surface area contributed by atoms with Gasteiger partial charge in [0.05, 0.1) is 16.8 Å². The zero-order chi connectivity index (χ0) is 26.9. The van der Waals surface area contributed by atoms with Crippen LogP contribution in [-0.2, 0) is 6.18 Å². The van der Waals surface area contributed by atoms with Crippen molar-refractivity contribution in [3.05, 3.63) is 58.9 Å². The van der Waals surface area contributed by atoms with E-state index in [0.29, 0.717) is 13.1 Å². The summed E-state index contributed by atoms with van der Waals surface area (Å²) in [5.41, 5.74) is -2.38. The van der Waals surface area contributed by atoms with E-state index < -0.39 is 34.5 Å². The summed E-state index contributed by atoms with van der Waals surface area (Å²) in [6.45, 7) is 2.25. The normalized spacial score (nSPS) is 19.3. The average molecular weight is 524 g/mol. The third-order valence-corrected chi connectivity index (χ3v) is 7.40. The highest BCUT2D eigenvalue weighted by Gasteiger charge is 2.40. The lowest BCUT2D eigenvalue weighted by Crippen LogP contribution is -2.51. The number of fused-ring (bicyclic) bond motifs is 4. The second kappa shape index (κ2) is 8.53. The Bertz CT molecular complexity index is 1670. The van der Waals surface area contributed by atoms with Crippen molar-refractivity contribution in [2.75, 3.05) is 18.0 Å². The van der Waals surface area contributed by atoms with Crippen LogP contribution in [-0.4, -0.2) is 40.2 Å². The van der Waals surface area contributed by atoms with Crippen LogP contribution in [0, 0.1) is 30.9 Å². The molecule has 2 saturated heterocycles. The Balaban J connectivity index is 1.68. The van der Waals surface area contributed by atoms with Crippen molar-refractivity contribution in [2.45, 2.75) is 38.0 Å². The monoisotopic (exact) mass is 524 g/mol. The van der Waals surface area contributed by atoms with E-state index in [1.807, 2.05) is 4.90 Å². The summed E-state index contributed by atoms with van der Waals surface area (Å²) in [6, 6.07) is 5.22. The first-order valence-corrected chi connectivity index (χ1v) is 12.1. The predicted molar refractivity (Wildman–Crippen MR) is 134 cm³/mol. The molecule has 10 heteroatoms. The van der Waals surface area contributed by atoms with Crippen molar-refractivity contribution < 1.29 is 27.1 Å². The molecule has 2 aliphatic heterocycles. The fourth-order valence-corrected chi connectivity index (χ4v) is 5.86. The summed E-state index contributed by atoms with van der Waals surface area (Å²) in [5, 5.41) is 13.4. The van der Waals surface area contributed by atoms with Gasteiger partial charge < -0.3 is 15.3 Å². The van der Waals surface area contributed by atoms with E-state index in [2.05, 4.69) is 21.2 Å². The number of alkyl halides is 3. The standard InChI is InChI=1S/C28H21F5N4O/c1-3-18-21(29)7-4-14-8-17(38)9-19(22(14)18)26-25(30)23-20(10-34-26)27(35-13(2)24(23)28(31,32)33)37-11-15-5-6-16(12-37)36-15/h1,4,7-10,15-16,36,38H,5-6,11-12H2,2H3. The van der Waals surface area contributed by atoms with E-state index in [9.17, 15) is 22.7 Å². The first-order chi connectivity index (χ1) is 18.1. The molecular weight excluding hydrogens is 503 g/mol. The second-order valence-electron chi connectivity index (χ2n) is 9.80. The topological polar surface area (TPSA) is 61.3 Å². The molecule has 4 heterocycles. The number of aromatic hydroxyl groups is 1. The summed E-state index contributed by atoms with van der Waals surface area (Å²) < 4.78 is 73.9. The minimum atomic E-state index is -4.91. The lowest BCUT2D eigenvalue weighted by Gasteiger charge is -2.35. The highest BCUT2D eigenvalue weighted by molar-refractivity contribution is 6.04. The van der Waals surface area contributed by atoms with E-state index in [0.717, 1.165) is 25.0 Å². The largest absolute Gasteiger partial charge is 0.508 e. The van der Waals surface area contributed by atoms with Crippen molar-refractivity contribution in [1.29, 1.82) is 0 Å². The van der Waals surface area contributed by atoms with Gasteiger partial charge in [-0.3, -0.25) is 4.98 Å². The number of anilines is 1. The van der Waals surface area contributed by atoms with Crippen LogP contribution < -0.4 is 10.2 Å². The van der Waals surface area contributed by atoms with Gasteiger partial charge in [-0.2, -0.15) is 13.2 Å². The smallest absolute Gasteiger partial charge is 0.418 e. The molecule has 2 fully saturated rings. The van der Waals surface area contributed by atoms with Gasteiger partial charge in [0.25, 0.3) is 0 Å². The molecule has 2 aromatic carbocycles. The highest BCUT2D eigenvalue weighted by atomic mass is 19.4. The molecule has 2 N–H and O–H groups in total. The molecule has 2 aliphatic rings. The average Bonchev–Trinajstić information content (AvgIpc) is 3.20. The molecule has 2 atom stereocenters. The summed E-state index contributed by atoms with van der Waals surface area (Å²) in [4.78, 5) is 10.4. The minimum absolute atomic E-state index is 0.0642. The van der Waals surface area contributed by atoms with E-state index >= 15 is 4.39 Å². The number of hydrogen-bond acceptors (Lipinski definition) is 5. The second-order valence-corrected chi connectivity index (χ2v) is 9.80. The van der Waals surface area contributed by atoms with Crippen molar-refractivity contribution >= 4 is 27.4 Å². The van der Waals surface area contributed by atoms with Crippen LogP contribution in [0.3, 0.4) is 0 Å². The van der Waals surface area contributed by atoms with E-state index in [4.69, 9.17) is 6.42 Å². The van der Waals surface area contributed by atoms with Gasteiger partial charge in [0.15, 0.2) is 5.82 Å². The van der Waals surface area contributed by atoms with Crippen molar-refractivity contribution in [2.24, 2.45) is 0 Å². The third kappa shape index (κ3) is 3.72. The van der Waals surface area contributed by atoms with Crippen molar-refractivity contribution in [3.63, 3.8) is 0 Å². The molecule has 2 aromatic heterocycles. The molecule has 4 aromatic rings. The SMILES string of the molecule is C#Cc1c(F)ccc2cc(O)cc(-c3ncc4c(N5CC6CCC(C5)N6)nc(C)c(C(F)(F)F)c4c3F)c12. The zero-order valence-corrected chi connectivity index (χ0v) is 20.1. The number of pyridine rings is 2. The number of halogens is 5. The Morgan fingerprint density at radius 2 is 1.82 bits per heavy atom. The van der Waals surface area contributed by atoms with E-state index in [1.165, 1.54) is 25.3 Å². The molecule has 0 spiro atoms. The first kappa shape index (κ1) is 24.4.